The minimum absolute atomic E-state index is 0.0889. The molecule has 5 nitrogen and oxygen atoms in total. The van der Waals surface area contributed by atoms with E-state index in [1.165, 1.54) is 43.3 Å². The van der Waals surface area contributed by atoms with Gasteiger partial charge in [0.25, 0.3) is 0 Å². The van der Waals surface area contributed by atoms with Crippen molar-refractivity contribution in [2.75, 3.05) is 0 Å². The third-order valence-electron chi connectivity index (χ3n) is 5.31. The minimum Gasteiger partial charge on any atom is -0.255 e. The number of alkyl halides is 3. The van der Waals surface area contributed by atoms with Gasteiger partial charge in [-0.25, -0.2) is 17.9 Å². The van der Waals surface area contributed by atoms with Crippen molar-refractivity contribution in [3.8, 4) is 22.4 Å². The first kappa shape index (κ1) is 23.7. The highest BCUT2D eigenvalue weighted by atomic mass is 32.2. The van der Waals surface area contributed by atoms with Crippen LogP contribution >= 0.6 is 0 Å². The number of primary sulfonamides is 1. The molecule has 0 saturated carbocycles. The second kappa shape index (κ2) is 8.69. The number of aromatic nitrogens is 2. The quantitative estimate of drug-likeness (QED) is 0.383. The van der Waals surface area contributed by atoms with Crippen molar-refractivity contribution in [2.24, 2.45) is 5.14 Å². The van der Waals surface area contributed by atoms with E-state index in [2.05, 4.69) is 5.10 Å². The van der Waals surface area contributed by atoms with E-state index in [0.29, 0.717) is 5.56 Å². The molecule has 10 heteroatoms. The first-order valence-electron chi connectivity index (χ1n) is 10.1. The Morgan fingerprint density at radius 1 is 0.971 bits per heavy atom. The van der Waals surface area contributed by atoms with Crippen molar-refractivity contribution in [3.63, 3.8) is 0 Å². The summed E-state index contributed by atoms with van der Waals surface area (Å²) < 4.78 is 82.9. The highest BCUT2D eigenvalue weighted by molar-refractivity contribution is 7.89. The Bertz CT molecular complexity index is 1460. The van der Waals surface area contributed by atoms with Crippen LogP contribution in [0.5, 0.6) is 0 Å². The molecule has 0 spiro atoms. The number of rotatable bonds is 5. The second-order valence-electron chi connectivity index (χ2n) is 7.72. The molecule has 0 aliphatic rings. The molecule has 4 aromatic rings. The average molecular weight is 489 g/mol. The number of hydrogen-bond donors (Lipinski definition) is 1. The fraction of sp³-hybridized carbons (Fsp3) is 0.125. The highest BCUT2D eigenvalue weighted by Gasteiger charge is 2.41. The van der Waals surface area contributed by atoms with Crippen molar-refractivity contribution >= 4 is 10.0 Å². The maximum absolute atomic E-state index is 14.4. The summed E-state index contributed by atoms with van der Waals surface area (Å²) in [7, 11) is -4.30. The summed E-state index contributed by atoms with van der Waals surface area (Å²) in [5.41, 5.74) is -1.23. The molecule has 0 fully saturated rings. The van der Waals surface area contributed by atoms with Crippen LogP contribution in [0.2, 0.25) is 0 Å². The van der Waals surface area contributed by atoms with Crippen LogP contribution in [0.25, 0.3) is 22.4 Å². The van der Waals surface area contributed by atoms with E-state index in [4.69, 9.17) is 5.14 Å². The van der Waals surface area contributed by atoms with Gasteiger partial charge in [-0.3, -0.25) is 4.68 Å². The van der Waals surface area contributed by atoms with Gasteiger partial charge in [-0.1, -0.05) is 60.7 Å². The number of hydrogen-bond acceptors (Lipinski definition) is 3. The number of nitrogens with two attached hydrogens (primary N) is 1. The Labute approximate surface area is 193 Å². The van der Waals surface area contributed by atoms with Gasteiger partial charge in [0.05, 0.1) is 11.4 Å². The second-order valence-corrected chi connectivity index (χ2v) is 9.25. The Morgan fingerprint density at radius 3 is 2.24 bits per heavy atom. The molecule has 0 aliphatic heterocycles. The number of halogens is 4. The van der Waals surface area contributed by atoms with Crippen molar-refractivity contribution in [3.05, 3.63) is 95.4 Å². The molecule has 4 rings (SSSR count). The van der Waals surface area contributed by atoms with Crippen molar-refractivity contribution in [1.82, 2.24) is 9.78 Å². The Balaban J connectivity index is 2.10. The fourth-order valence-corrected chi connectivity index (χ4v) is 4.48. The van der Waals surface area contributed by atoms with Gasteiger partial charge in [-0.15, -0.1) is 0 Å². The van der Waals surface area contributed by atoms with Crippen LogP contribution in [-0.2, 0) is 22.7 Å². The van der Waals surface area contributed by atoms with Gasteiger partial charge in [0, 0.05) is 11.1 Å². The van der Waals surface area contributed by atoms with Gasteiger partial charge in [-0.05, 0) is 35.7 Å². The summed E-state index contributed by atoms with van der Waals surface area (Å²) in [6.07, 6.45) is -4.88. The molecule has 0 unspecified atom stereocenters. The zero-order chi connectivity index (χ0) is 24.7. The largest absolute Gasteiger partial charge is 0.433 e. The van der Waals surface area contributed by atoms with Crippen LogP contribution in [-0.4, -0.2) is 18.2 Å². The maximum Gasteiger partial charge on any atom is 0.433 e. The lowest BCUT2D eigenvalue weighted by Crippen LogP contribution is -2.16. The standard InChI is InChI=1S/C24H19F4N3O2S/c1-15-11-12-17(13-19(15)25)21-22(18-9-5-6-10-20(18)34(29,32)33)30-31(23(21)24(26,27)28)14-16-7-3-2-4-8-16/h2-13H,14H2,1H3,(H2,29,32,33). The van der Waals surface area contributed by atoms with Gasteiger partial charge in [0.1, 0.15) is 11.5 Å². The third-order valence-corrected chi connectivity index (χ3v) is 6.27. The predicted molar refractivity (Wildman–Crippen MR) is 120 cm³/mol. The Hall–Kier alpha value is -3.50. The zero-order valence-corrected chi connectivity index (χ0v) is 18.7. The molecule has 2 N–H and O–H groups in total. The molecule has 34 heavy (non-hydrogen) atoms. The SMILES string of the molecule is Cc1ccc(-c2c(-c3ccccc3S(N)(=O)=O)nn(Cc3ccccc3)c2C(F)(F)F)cc1F. The van der Waals surface area contributed by atoms with E-state index in [-0.39, 0.29) is 33.8 Å². The molecule has 0 bridgehead atoms. The highest BCUT2D eigenvalue weighted by Crippen LogP contribution is 2.44. The molecule has 0 atom stereocenters. The number of benzene rings is 3. The summed E-state index contributed by atoms with van der Waals surface area (Å²) in [5, 5.41) is 9.54. The zero-order valence-electron chi connectivity index (χ0n) is 17.8. The molecule has 0 radical (unpaired) electrons. The van der Waals surface area contributed by atoms with Gasteiger partial charge in [0.2, 0.25) is 10.0 Å². The molecule has 1 aromatic heterocycles. The third kappa shape index (κ3) is 4.59. The minimum atomic E-state index is -4.88. The molecule has 0 amide bonds. The average Bonchev–Trinajstić information content (AvgIpc) is 3.15. The van der Waals surface area contributed by atoms with Crippen LogP contribution in [0, 0.1) is 12.7 Å². The topological polar surface area (TPSA) is 78.0 Å². The molecule has 3 aromatic carbocycles. The van der Waals surface area contributed by atoms with Gasteiger partial charge >= 0.3 is 6.18 Å². The summed E-state index contributed by atoms with van der Waals surface area (Å²) in [6, 6.07) is 17.4. The predicted octanol–water partition coefficient (Wildman–Crippen LogP) is 5.38. The van der Waals surface area contributed by atoms with Crippen molar-refractivity contribution < 1.29 is 26.0 Å². The molecular weight excluding hydrogens is 470 g/mol. The van der Waals surface area contributed by atoms with Crippen LogP contribution in [0.3, 0.4) is 0 Å². The van der Waals surface area contributed by atoms with E-state index < -0.39 is 33.3 Å². The van der Waals surface area contributed by atoms with E-state index in [1.807, 2.05) is 0 Å². The molecule has 1 heterocycles. The van der Waals surface area contributed by atoms with E-state index in [1.54, 1.807) is 30.3 Å². The summed E-state index contributed by atoms with van der Waals surface area (Å²) in [4.78, 5) is -0.387. The van der Waals surface area contributed by atoms with Crippen LogP contribution in [0.4, 0.5) is 17.6 Å². The lowest BCUT2D eigenvalue weighted by atomic mass is 9.97. The van der Waals surface area contributed by atoms with Crippen LogP contribution < -0.4 is 5.14 Å². The normalized spacial score (nSPS) is 12.2. The fourth-order valence-electron chi connectivity index (χ4n) is 3.74. The maximum atomic E-state index is 14.4. The molecular formula is C24H19F4N3O2S. The van der Waals surface area contributed by atoms with Gasteiger partial charge in [0.15, 0.2) is 5.69 Å². The van der Waals surface area contributed by atoms with Crippen LogP contribution in [0.1, 0.15) is 16.8 Å². The first-order chi connectivity index (χ1) is 16.0. The summed E-state index contributed by atoms with van der Waals surface area (Å²) in [6.45, 7) is 1.24. The van der Waals surface area contributed by atoms with E-state index in [0.717, 1.165) is 10.7 Å². The lowest BCUT2D eigenvalue weighted by molar-refractivity contribution is -0.143. The Morgan fingerprint density at radius 2 is 1.62 bits per heavy atom. The first-order valence-corrected chi connectivity index (χ1v) is 11.6. The van der Waals surface area contributed by atoms with E-state index >= 15 is 0 Å². The molecule has 0 aliphatic carbocycles. The smallest absolute Gasteiger partial charge is 0.255 e. The number of sulfonamides is 1. The van der Waals surface area contributed by atoms with Gasteiger partial charge in [-0.2, -0.15) is 18.3 Å². The van der Waals surface area contributed by atoms with Crippen LogP contribution in [0.15, 0.2) is 77.7 Å². The summed E-state index contributed by atoms with van der Waals surface area (Å²) in [5.74, 6) is -0.702. The monoisotopic (exact) mass is 489 g/mol. The van der Waals surface area contributed by atoms with E-state index in [9.17, 15) is 26.0 Å². The molecule has 0 saturated heterocycles. The Kier molecular flexibility index (Phi) is 6.05. The number of aryl methyl sites for hydroxylation is 1. The lowest BCUT2D eigenvalue weighted by Gasteiger charge is -2.14. The molecule has 176 valence electrons. The van der Waals surface area contributed by atoms with Crippen molar-refractivity contribution in [2.45, 2.75) is 24.5 Å². The number of nitrogens with zero attached hydrogens (tertiary/aromatic N) is 2. The summed E-state index contributed by atoms with van der Waals surface area (Å²) >= 11 is 0. The van der Waals surface area contributed by atoms with Gasteiger partial charge < -0.3 is 0 Å². The van der Waals surface area contributed by atoms with Crippen molar-refractivity contribution in [1.29, 1.82) is 0 Å².